The molecule has 0 aliphatic rings. The van der Waals surface area contributed by atoms with E-state index in [1.807, 2.05) is 32.9 Å². The Morgan fingerprint density at radius 1 is 1.20 bits per heavy atom. The number of rotatable bonds is 2. The second-order valence-corrected chi connectivity index (χ2v) is 5.20. The molecule has 0 fully saturated rings. The SMILES string of the molecule is Cc1cc(C)c(NC(=O)c2nc(N)ccc2Cl)c(C)c1. The fraction of sp³-hybridized carbons (Fsp3) is 0.200. The number of nitrogen functional groups attached to an aromatic ring is 1. The van der Waals surface area contributed by atoms with Gasteiger partial charge in [-0.3, -0.25) is 4.79 Å². The lowest BCUT2D eigenvalue weighted by molar-refractivity contribution is 0.102. The number of hydrogen-bond donors (Lipinski definition) is 2. The van der Waals surface area contributed by atoms with Crippen molar-refractivity contribution in [1.29, 1.82) is 0 Å². The minimum atomic E-state index is -0.364. The number of nitrogens with one attached hydrogen (secondary N) is 1. The first-order chi connectivity index (χ1) is 9.38. The monoisotopic (exact) mass is 289 g/mol. The minimum Gasteiger partial charge on any atom is -0.384 e. The van der Waals surface area contributed by atoms with E-state index in [-0.39, 0.29) is 22.4 Å². The molecule has 104 valence electrons. The largest absolute Gasteiger partial charge is 0.384 e. The van der Waals surface area contributed by atoms with Gasteiger partial charge in [-0.25, -0.2) is 4.98 Å². The second-order valence-electron chi connectivity index (χ2n) is 4.79. The molecule has 1 aromatic carbocycles. The summed E-state index contributed by atoms with van der Waals surface area (Å²) in [4.78, 5) is 16.2. The van der Waals surface area contributed by atoms with E-state index >= 15 is 0 Å². The van der Waals surface area contributed by atoms with Crippen LogP contribution in [0.1, 0.15) is 27.2 Å². The van der Waals surface area contributed by atoms with Crippen LogP contribution < -0.4 is 11.1 Å². The van der Waals surface area contributed by atoms with Gasteiger partial charge in [0.25, 0.3) is 5.91 Å². The van der Waals surface area contributed by atoms with Crippen LogP contribution in [0.5, 0.6) is 0 Å². The minimum absolute atomic E-state index is 0.131. The second kappa shape index (κ2) is 5.51. The zero-order valence-corrected chi connectivity index (χ0v) is 12.4. The Morgan fingerprint density at radius 2 is 1.80 bits per heavy atom. The molecular formula is C15H16ClN3O. The number of aryl methyl sites for hydroxylation is 3. The molecule has 0 atom stereocenters. The van der Waals surface area contributed by atoms with Crippen LogP contribution in [0.25, 0.3) is 0 Å². The third-order valence-corrected chi connectivity index (χ3v) is 3.30. The Kier molecular flexibility index (Phi) is 3.95. The number of nitrogens with zero attached hydrogens (tertiary/aromatic N) is 1. The summed E-state index contributed by atoms with van der Waals surface area (Å²) in [6.45, 7) is 5.91. The normalized spacial score (nSPS) is 10.4. The molecule has 0 aliphatic carbocycles. The first-order valence-corrected chi connectivity index (χ1v) is 6.57. The average Bonchev–Trinajstić information content (AvgIpc) is 2.36. The first-order valence-electron chi connectivity index (χ1n) is 6.19. The molecule has 2 rings (SSSR count). The molecule has 0 saturated carbocycles. The maximum absolute atomic E-state index is 12.3. The third-order valence-electron chi connectivity index (χ3n) is 3.00. The first kappa shape index (κ1) is 14.3. The van der Waals surface area contributed by atoms with Gasteiger partial charge in [-0.15, -0.1) is 0 Å². The van der Waals surface area contributed by atoms with Gasteiger partial charge in [-0.2, -0.15) is 0 Å². The number of carbonyl (C=O) groups excluding carboxylic acids is 1. The highest BCUT2D eigenvalue weighted by Gasteiger charge is 2.15. The molecule has 0 bridgehead atoms. The number of pyridine rings is 1. The Bertz CT molecular complexity index is 660. The molecule has 20 heavy (non-hydrogen) atoms. The van der Waals surface area contributed by atoms with Crippen LogP contribution in [0.3, 0.4) is 0 Å². The quantitative estimate of drug-likeness (QED) is 0.889. The van der Waals surface area contributed by atoms with E-state index in [1.165, 1.54) is 0 Å². The summed E-state index contributed by atoms with van der Waals surface area (Å²) in [6.07, 6.45) is 0. The third kappa shape index (κ3) is 2.91. The summed E-state index contributed by atoms with van der Waals surface area (Å²) < 4.78 is 0. The lowest BCUT2D eigenvalue weighted by Gasteiger charge is -2.13. The van der Waals surface area contributed by atoms with Crippen molar-refractivity contribution >= 4 is 29.0 Å². The van der Waals surface area contributed by atoms with Gasteiger partial charge in [0.15, 0.2) is 0 Å². The zero-order chi connectivity index (χ0) is 14.9. The highest BCUT2D eigenvalue weighted by molar-refractivity contribution is 6.34. The maximum Gasteiger partial charge on any atom is 0.275 e. The van der Waals surface area contributed by atoms with Crippen LogP contribution in [0.15, 0.2) is 24.3 Å². The summed E-state index contributed by atoms with van der Waals surface area (Å²) in [5, 5.41) is 3.13. The van der Waals surface area contributed by atoms with E-state index in [0.717, 1.165) is 22.4 Å². The van der Waals surface area contributed by atoms with Crippen molar-refractivity contribution in [2.24, 2.45) is 0 Å². The summed E-state index contributed by atoms with van der Waals surface area (Å²) in [6, 6.07) is 7.14. The van der Waals surface area contributed by atoms with Crippen molar-refractivity contribution in [2.45, 2.75) is 20.8 Å². The topological polar surface area (TPSA) is 68.0 Å². The number of amides is 1. The van der Waals surface area contributed by atoms with E-state index < -0.39 is 0 Å². The van der Waals surface area contributed by atoms with Crippen LogP contribution in [0.2, 0.25) is 5.02 Å². The molecule has 0 spiro atoms. The van der Waals surface area contributed by atoms with Crippen molar-refractivity contribution < 1.29 is 4.79 Å². The number of benzene rings is 1. The molecule has 0 unspecified atom stereocenters. The van der Waals surface area contributed by atoms with Gasteiger partial charge in [0.05, 0.1) is 5.02 Å². The predicted octanol–water partition coefficient (Wildman–Crippen LogP) is 3.49. The van der Waals surface area contributed by atoms with Gasteiger partial charge in [0.1, 0.15) is 11.5 Å². The summed E-state index contributed by atoms with van der Waals surface area (Å²) in [5.41, 5.74) is 9.64. The average molecular weight is 290 g/mol. The van der Waals surface area contributed by atoms with Crippen molar-refractivity contribution in [3.05, 3.63) is 51.7 Å². The van der Waals surface area contributed by atoms with E-state index in [9.17, 15) is 4.79 Å². The summed E-state index contributed by atoms with van der Waals surface area (Å²) in [7, 11) is 0. The van der Waals surface area contributed by atoms with Gasteiger partial charge in [-0.1, -0.05) is 29.3 Å². The lowest BCUT2D eigenvalue weighted by Crippen LogP contribution is -2.16. The van der Waals surface area contributed by atoms with Crippen molar-refractivity contribution in [1.82, 2.24) is 4.98 Å². The van der Waals surface area contributed by atoms with Gasteiger partial charge in [0, 0.05) is 5.69 Å². The van der Waals surface area contributed by atoms with Crippen LogP contribution in [-0.2, 0) is 0 Å². The number of anilines is 2. The molecule has 1 aromatic heterocycles. The standard InChI is InChI=1S/C15H16ClN3O/c1-8-6-9(2)13(10(3)7-8)19-15(20)14-11(16)4-5-12(17)18-14/h4-7H,1-3H3,(H2,17,18)(H,19,20). The van der Waals surface area contributed by atoms with Gasteiger partial charge >= 0.3 is 0 Å². The predicted molar refractivity (Wildman–Crippen MR) is 82.3 cm³/mol. The van der Waals surface area contributed by atoms with Crippen LogP contribution in [0, 0.1) is 20.8 Å². The fourth-order valence-corrected chi connectivity index (χ4v) is 2.36. The van der Waals surface area contributed by atoms with E-state index in [4.69, 9.17) is 17.3 Å². The molecular weight excluding hydrogens is 274 g/mol. The van der Waals surface area contributed by atoms with Crippen molar-refractivity contribution in [3.8, 4) is 0 Å². The number of hydrogen-bond acceptors (Lipinski definition) is 3. The van der Waals surface area contributed by atoms with Crippen molar-refractivity contribution in [3.63, 3.8) is 0 Å². The maximum atomic E-state index is 12.3. The number of aromatic nitrogens is 1. The summed E-state index contributed by atoms with van der Waals surface area (Å²) >= 11 is 5.98. The van der Waals surface area contributed by atoms with Crippen LogP contribution in [-0.4, -0.2) is 10.9 Å². The van der Waals surface area contributed by atoms with E-state index in [2.05, 4.69) is 10.3 Å². The van der Waals surface area contributed by atoms with Crippen molar-refractivity contribution in [2.75, 3.05) is 11.1 Å². The van der Waals surface area contributed by atoms with Crippen LogP contribution >= 0.6 is 11.6 Å². The van der Waals surface area contributed by atoms with Gasteiger partial charge in [0.2, 0.25) is 0 Å². The lowest BCUT2D eigenvalue weighted by atomic mass is 10.0. The van der Waals surface area contributed by atoms with E-state index in [1.54, 1.807) is 12.1 Å². The molecule has 1 heterocycles. The molecule has 0 radical (unpaired) electrons. The highest BCUT2D eigenvalue weighted by Crippen LogP contribution is 2.24. The Morgan fingerprint density at radius 3 is 2.40 bits per heavy atom. The number of halogens is 1. The molecule has 5 heteroatoms. The summed E-state index contributed by atoms with van der Waals surface area (Å²) in [5.74, 6) is -0.103. The Balaban J connectivity index is 2.35. The smallest absolute Gasteiger partial charge is 0.275 e. The van der Waals surface area contributed by atoms with E-state index in [0.29, 0.717) is 0 Å². The Hall–Kier alpha value is -2.07. The number of carbonyl (C=O) groups is 1. The Labute approximate surface area is 123 Å². The molecule has 0 aliphatic heterocycles. The van der Waals surface area contributed by atoms with Gasteiger partial charge in [-0.05, 0) is 44.0 Å². The van der Waals surface area contributed by atoms with Crippen LogP contribution in [0.4, 0.5) is 11.5 Å². The fourth-order valence-electron chi connectivity index (χ4n) is 2.17. The zero-order valence-electron chi connectivity index (χ0n) is 11.6. The molecule has 3 N–H and O–H groups in total. The molecule has 1 amide bonds. The highest BCUT2D eigenvalue weighted by atomic mass is 35.5. The number of nitrogens with two attached hydrogens (primary N) is 1. The molecule has 0 saturated heterocycles. The molecule has 2 aromatic rings. The molecule has 4 nitrogen and oxygen atoms in total. The van der Waals surface area contributed by atoms with Gasteiger partial charge < -0.3 is 11.1 Å².